The summed E-state index contributed by atoms with van der Waals surface area (Å²) in [4.78, 5) is 4.04. The highest BCUT2D eigenvalue weighted by molar-refractivity contribution is 5.65. The van der Waals surface area contributed by atoms with Crippen LogP contribution in [0.2, 0.25) is 0 Å². The Labute approximate surface area is 94.4 Å². The fourth-order valence-corrected chi connectivity index (χ4v) is 1.46. The first-order chi connectivity index (χ1) is 7.83. The molecular formula is C13H11N3. The van der Waals surface area contributed by atoms with Gasteiger partial charge in [-0.05, 0) is 29.8 Å². The first-order valence-electron chi connectivity index (χ1n) is 4.98. The highest BCUT2D eigenvalue weighted by Crippen LogP contribution is 2.20. The molecule has 1 aromatic heterocycles. The van der Waals surface area contributed by atoms with E-state index in [0.717, 1.165) is 16.8 Å². The molecule has 0 spiro atoms. The normalized spacial score (nSPS) is 9.50. The Morgan fingerprint density at radius 2 is 1.75 bits per heavy atom. The third-order valence-corrected chi connectivity index (χ3v) is 2.38. The summed E-state index contributed by atoms with van der Waals surface area (Å²) in [5.41, 5.74) is 3.62. The molecule has 0 radical (unpaired) electrons. The number of nitrogens with one attached hydrogen (secondary N) is 1. The van der Waals surface area contributed by atoms with Gasteiger partial charge < -0.3 is 5.32 Å². The van der Waals surface area contributed by atoms with E-state index < -0.39 is 0 Å². The first-order valence-corrected chi connectivity index (χ1v) is 4.98. The van der Waals surface area contributed by atoms with Gasteiger partial charge >= 0.3 is 0 Å². The predicted molar refractivity (Wildman–Crippen MR) is 63.9 cm³/mol. The van der Waals surface area contributed by atoms with Crippen LogP contribution >= 0.6 is 0 Å². The van der Waals surface area contributed by atoms with Crippen LogP contribution in [0.3, 0.4) is 0 Å². The predicted octanol–water partition coefficient (Wildman–Crippen LogP) is 2.66. The molecule has 1 aromatic carbocycles. The van der Waals surface area contributed by atoms with Gasteiger partial charge in [0.25, 0.3) is 0 Å². The molecule has 2 rings (SSSR count). The first kappa shape index (κ1) is 10.2. The van der Waals surface area contributed by atoms with E-state index in [9.17, 15) is 0 Å². The van der Waals surface area contributed by atoms with E-state index >= 15 is 0 Å². The zero-order valence-corrected chi connectivity index (χ0v) is 8.94. The van der Waals surface area contributed by atoms with Crippen molar-refractivity contribution in [2.75, 3.05) is 12.4 Å². The summed E-state index contributed by atoms with van der Waals surface area (Å²) in [6.07, 6.45) is 1.72. The molecule has 0 saturated heterocycles. The Hall–Kier alpha value is -2.34. The van der Waals surface area contributed by atoms with E-state index in [2.05, 4.69) is 10.3 Å². The smallest absolute Gasteiger partial charge is 0.140 e. The molecule has 0 fully saturated rings. The van der Waals surface area contributed by atoms with Gasteiger partial charge in [-0.1, -0.05) is 12.1 Å². The molecule has 1 heterocycles. The molecule has 3 heteroatoms. The van der Waals surface area contributed by atoms with Gasteiger partial charge in [0.05, 0.1) is 0 Å². The second kappa shape index (κ2) is 4.45. The summed E-state index contributed by atoms with van der Waals surface area (Å²) < 4.78 is 0. The zero-order chi connectivity index (χ0) is 11.4. The van der Waals surface area contributed by atoms with Gasteiger partial charge in [-0.25, -0.2) is 4.98 Å². The largest absolute Gasteiger partial charge is 0.388 e. The van der Waals surface area contributed by atoms with E-state index in [-0.39, 0.29) is 0 Å². The quantitative estimate of drug-likeness (QED) is 0.827. The molecule has 0 bridgehead atoms. The Morgan fingerprint density at radius 3 is 2.25 bits per heavy atom. The Bertz CT molecular complexity index is 506. The van der Waals surface area contributed by atoms with Crippen molar-refractivity contribution in [2.45, 2.75) is 0 Å². The van der Waals surface area contributed by atoms with E-state index in [1.54, 1.807) is 12.3 Å². The van der Waals surface area contributed by atoms with E-state index in [1.165, 1.54) is 0 Å². The molecular weight excluding hydrogens is 198 g/mol. The molecule has 0 saturated carbocycles. The second-order valence-electron chi connectivity index (χ2n) is 3.37. The number of hydrogen-bond donors (Lipinski definition) is 1. The van der Waals surface area contributed by atoms with Crippen LogP contribution in [0.5, 0.6) is 0 Å². The van der Waals surface area contributed by atoms with E-state index in [4.69, 9.17) is 5.26 Å². The van der Waals surface area contributed by atoms with E-state index in [0.29, 0.717) is 5.69 Å². The highest BCUT2D eigenvalue weighted by Gasteiger charge is 1.98. The lowest BCUT2D eigenvalue weighted by Gasteiger charge is -2.03. The fraction of sp³-hybridized carbons (Fsp3) is 0.0769. The summed E-state index contributed by atoms with van der Waals surface area (Å²) in [5.74, 6) is 0. The van der Waals surface area contributed by atoms with Crippen LogP contribution < -0.4 is 5.32 Å². The average molecular weight is 209 g/mol. The van der Waals surface area contributed by atoms with Crippen molar-refractivity contribution in [3.63, 3.8) is 0 Å². The molecule has 1 N–H and O–H groups in total. The molecule has 16 heavy (non-hydrogen) atoms. The number of nitriles is 1. The number of rotatable bonds is 2. The minimum atomic E-state index is 0.440. The number of hydrogen-bond acceptors (Lipinski definition) is 3. The van der Waals surface area contributed by atoms with Crippen molar-refractivity contribution in [3.05, 3.63) is 48.3 Å². The van der Waals surface area contributed by atoms with Crippen LogP contribution in [0.15, 0.2) is 42.6 Å². The Morgan fingerprint density at radius 1 is 1.06 bits per heavy atom. The summed E-state index contributed by atoms with van der Waals surface area (Å²) in [5, 5.41) is 11.7. The number of benzene rings is 1. The lowest BCUT2D eigenvalue weighted by Crippen LogP contribution is -1.87. The molecule has 78 valence electrons. The van der Waals surface area contributed by atoms with Gasteiger partial charge in [0.15, 0.2) is 0 Å². The van der Waals surface area contributed by atoms with Crippen LogP contribution in [0.4, 0.5) is 5.69 Å². The zero-order valence-electron chi connectivity index (χ0n) is 8.94. The third-order valence-electron chi connectivity index (χ3n) is 2.38. The third kappa shape index (κ3) is 2.01. The molecule has 3 nitrogen and oxygen atoms in total. The SMILES string of the molecule is CNc1ccc(-c2ccc(C#N)nc2)cc1. The van der Waals surface area contributed by atoms with Crippen molar-refractivity contribution >= 4 is 5.69 Å². The minimum Gasteiger partial charge on any atom is -0.388 e. The Kier molecular flexibility index (Phi) is 2.84. The molecule has 0 atom stereocenters. The van der Waals surface area contributed by atoms with Crippen molar-refractivity contribution in [3.8, 4) is 17.2 Å². The second-order valence-corrected chi connectivity index (χ2v) is 3.37. The van der Waals surface area contributed by atoms with Crippen molar-refractivity contribution < 1.29 is 0 Å². The lowest BCUT2D eigenvalue weighted by molar-refractivity contribution is 1.26. The van der Waals surface area contributed by atoms with Gasteiger partial charge in [-0.2, -0.15) is 5.26 Å². The molecule has 0 aliphatic heterocycles. The standard InChI is InChI=1S/C13H11N3/c1-15-12-5-2-10(3-6-12)11-4-7-13(8-14)16-9-11/h2-7,9,15H,1H3. The molecule has 0 unspecified atom stereocenters. The van der Waals surface area contributed by atoms with Crippen molar-refractivity contribution in [2.24, 2.45) is 0 Å². The Balaban J connectivity index is 2.32. The van der Waals surface area contributed by atoms with Gasteiger partial charge in [-0.3, -0.25) is 0 Å². The molecule has 0 amide bonds. The van der Waals surface area contributed by atoms with Crippen molar-refractivity contribution in [1.82, 2.24) is 4.98 Å². The highest BCUT2D eigenvalue weighted by atomic mass is 14.8. The number of pyridine rings is 1. The van der Waals surface area contributed by atoms with E-state index in [1.807, 2.05) is 43.4 Å². The van der Waals surface area contributed by atoms with Gasteiger partial charge in [-0.15, -0.1) is 0 Å². The van der Waals surface area contributed by atoms with Crippen LogP contribution in [0.1, 0.15) is 5.69 Å². The van der Waals surface area contributed by atoms with Crippen LogP contribution in [0, 0.1) is 11.3 Å². The number of nitrogens with zero attached hydrogens (tertiary/aromatic N) is 2. The fourth-order valence-electron chi connectivity index (χ4n) is 1.46. The van der Waals surface area contributed by atoms with Gasteiger partial charge in [0, 0.05) is 24.5 Å². The molecule has 0 aliphatic rings. The summed E-state index contributed by atoms with van der Waals surface area (Å²) in [6.45, 7) is 0. The number of aromatic nitrogens is 1. The maximum atomic E-state index is 8.65. The summed E-state index contributed by atoms with van der Waals surface area (Å²) in [6, 6.07) is 13.7. The van der Waals surface area contributed by atoms with Crippen molar-refractivity contribution in [1.29, 1.82) is 5.26 Å². The monoisotopic (exact) mass is 209 g/mol. The van der Waals surface area contributed by atoms with Crippen LogP contribution in [-0.2, 0) is 0 Å². The molecule has 0 aliphatic carbocycles. The summed E-state index contributed by atoms with van der Waals surface area (Å²) >= 11 is 0. The van der Waals surface area contributed by atoms with Gasteiger partial charge in [0.1, 0.15) is 11.8 Å². The maximum absolute atomic E-state index is 8.65. The van der Waals surface area contributed by atoms with Crippen LogP contribution in [0.25, 0.3) is 11.1 Å². The molecule has 2 aromatic rings. The number of anilines is 1. The average Bonchev–Trinajstić information content (AvgIpc) is 2.39. The van der Waals surface area contributed by atoms with Gasteiger partial charge in [0.2, 0.25) is 0 Å². The maximum Gasteiger partial charge on any atom is 0.140 e. The lowest BCUT2D eigenvalue weighted by atomic mass is 10.1. The minimum absolute atomic E-state index is 0.440. The summed E-state index contributed by atoms with van der Waals surface area (Å²) in [7, 11) is 1.89. The topological polar surface area (TPSA) is 48.7 Å². The van der Waals surface area contributed by atoms with Crippen LogP contribution in [-0.4, -0.2) is 12.0 Å².